The van der Waals surface area contributed by atoms with E-state index in [0.717, 1.165) is 29.1 Å². The van der Waals surface area contributed by atoms with Crippen LogP contribution in [-0.2, 0) is 12.7 Å². The fraction of sp³-hybridized carbons (Fsp3) is 0.182. The number of rotatable bonds is 3. The number of halogens is 4. The molecule has 0 radical (unpaired) electrons. The van der Waals surface area contributed by atoms with E-state index in [1.165, 1.54) is 6.07 Å². The molecule has 0 saturated heterocycles. The van der Waals surface area contributed by atoms with Crippen LogP contribution in [0.5, 0.6) is 0 Å². The lowest BCUT2D eigenvalue weighted by Gasteiger charge is -2.06. The third kappa shape index (κ3) is 3.37. The van der Waals surface area contributed by atoms with Gasteiger partial charge in [-0.25, -0.2) is 4.39 Å². The molecule has 0 unspecified atom stereocenters. The fourth-order valence-corrected chi connectivity index (χ4v) is 1.70. The maximum Gasteiger partial charge on any atom is 0.488 e. The Kier molecular flexibility index (Phi) is 3.82. The summed E-state index contributed by atoms with van der Waals surface area (Å²) in [5.41, 5.74) is -0.857. The summed E-state index contributed by atoms with van der Waals surface area (Å²) in [5.74, 6) is -0.714. The van der Waals surface area contributed by atoms with Crippen LogP contribution in [0.4, 0.5) is 17.6 Å². The predicted octanol–water partition coefficient (Wildman–Crippen LogP) is 0.769. The quantitative estimate of drug-likeness (QED) is 0.648. The van der Waals surface area contributed by atoms with Crippen LogP contribution in [-0.4, -0.2) is 26.9 Å². The van der Waals surface area contributed by atoms with Gasteiger partial charge in [0.15, 0.2) is 5.69 Å². The standard InChI is InChI=1S/C11H9BF4N2O2/c13-9-4-7(3-8(5-9)12(19)20)6-18-2-1-10(17-18)11(14,15)16/h1-5,19-20H,6H2. The zero-order chi connectivity index (χ0) is 14.9. The van der Waals surface area contributed by atoms with E-state index in [4.69, 9.17) is 10.0 Å². The highest BCUT2D eigenvalue weighted by Gasteiger charge is 2.33. The number of alkyl halides is 3. The van der Waals surface area contributed by atoms with Crippen molar-refractivity contribution in [2.45, 2.75) is 12.7 Å². The third-order valence-corrected chi connectivity index (χ3v) is 2.55. The minimum absolute atomic E-state index is 0.0804. The summed E-state index contributed by atoms with van der Waals surface area (Å²) < 4.78 is 51.4. The second-order valence-electron chi connectivity index (χ2n) is 4.16. The van der Waals surface area contributed by atoms with E-state index in [1.807, 2.05) is 0 Å². The molecule has 2 aromatic rings. The van der Waals surface area contributed by atoms with Crippen molar-refractivity contribution < 1.29 is 27.6 Å². The van der Waals surface area contributed by atoms with Crippen molar-refractivity contribution in [3.63, 3.8) is 0 Å². The first-order valence-electron chi connectivity index (χ1n) is 5.52. The molecule has 0 saturated carbocycles. The SMILES string of the molecule is OB(O)c1cc(F)cc(Cn2ccc(C(F)(F)F)n2)c1. The molecule has 1 heterocycles. The number of hydrogen-bond donors (Lipinski definition) is 2. The molecular formula is C11H9BF4N2O2. The molecule has 0 fully saturated rings. The van der Waals surface area contributed by atoms with Crippen LogP contribution < -0.4 is 5.46 Å². The fourth-order valence-electron chi connectivity index (χ4n) is 1.70. The van der Waals surface area contributed by atoms with Gasteiger partial charge < -0.3 is 10.0 Å². The lowest BCUT2D eigenvalue weighted by Crippen LogP contribution is -2.30. The van der Waals surface area contributed by atoms with Gasteiger partial charge in [-0.15, -0.1) is 0 Å². The van der Waals surface area contributed by atoms with E-state index in [2.05, 4.69) is 5.10 Å². The highest BCUT2D eigenvalue weighted by Crippen LogP contribution is 2.27. The minimum atomic E-state index is -4.54. The van der Waals surface area contributed by atoms with Crippen molar-refractivity contribution in [3.8, 4) is 0 Å². The largest absolute Gasteiger partial charge is 0.488 e. The molecule has 20 heavy (non-hydrogen) atoms. The van der Waals surface area contributed by atoms with Crippen molar-refractivity contribution in [1.29, 1.82) is 0 Å². The Balaban J connectivity index is 2.24. The first-order chi connectivity index (χ1) is 9.25. The Morgan fingerprint density at radius 2 is 1.90 bits per heavy atom. The lowest BCUT2D eigenvalue weighted by molar-refractivity contribution is -0.141. The summed E-state index contributed by atoms with van der Waals surface area (Å²) in [5, 5.41) is 21.3. The third-order valence-electron chi connectivity index (χ3n) is 2.55. The van der Waals surface area contributed by atoms with Crippen molar-refractivity contribution in [2.75, 3.05) is 0 Å². The predicted molar refractivity (Wildman–Crippen MR) is 62.6 cm³/mol. The summed E-state index contributed by atoms with van der Waals surface area (Å²) in [6, 6.07) is 4.10. The maximum atomic E-state index is 13.3. The average molecular weight is 288 g/mol. The lowest BCUT2D eigenvalue weighted by atomic mass is 9.79. The zero-order valence-corrected chi connectivity index (χ0v) is 9.97. The van der Waals surface area contributed by atoms with Crippen molar-refractivity contribution in [1.82, 2.24) is 9.78 Å². The number of aromatic nitrogens is 2. The molecule has 106 valence electrons. The molecule has 0 spiro atoms. The van der Waals surface area contributed by atoms with Crippen LogP contribution in [0, 0.1) is 5.82 Å². The van der Waals surface area contributed by atoms with Gasteiger partial charge in [-0.3, -0.25) is 4.68 Å². The normalized spacial score (nSPS) is 11.7. The van der Waals surface area contributed by atoms with Gasteiger partial charge in [0, 0.05) is 6.20 Å². The average Bonchev–Trinajstić information content (AvgIpc) is 2.76. The second kappa shape index (κ2) is 5.26. The molecular weight excluding hydrogens is 279 g/mol. The zero-order valence-electron chi connectivity index (χ0n) is 9.97. The van der Waals surface area contributed by atoms with E-state index in [-0.39, 0.29) is 17.6 Å². The van der Waals surface area contributed by atoms with Crippen molar-refractivity contribution in [2.24, 2.45) is 0 Å². The van der Waals surface area contributed by atoms with Crippen LogP contribution in [0.25, 0.3) is 0 Å². The van der Waals surface area contributed by atoms with Crippen LogP contribution in [0.15, 0.2) is 30.5 Å². The molecule has 0 aliphatic carbocycles. The molecule has 0 aliphatic rings. The Bertz CT molecular complexity index is 613. The second-order valence-corrected chi connectivity index (χ2v) is 4.16. The summed E-state index contributed by atoms with van der Waals surface area (Å²) in [6.07, 6.45) is -3.43. The van der Waals surface area contributed by atoms with Gasteiger partial charge in [0.2, 0.25) is 0 Å². The molecule has 0 bridgehead atoms. The summed E-state index contributed by atoms with van der Waals surface area (Å²) in [6.45, 7) is -0.118. The summed E-state index contributed by atoms with van der Waals surface area (Å²) in [7, 11) is -1.85. The highest BCUT2D eigenvalue weighted by atomic mass is 19.4. The topological polar surface area (TPSA) is 58.3 Å². The van der Waals surface area contributed by atoms with E-state index in [1.54, 1.807) is 0 Å². The van der Waals surface area contributed by atoms with Crippen LogP contribution in [0.3, 0.4) is 0 Å². The smallest absolute Gasteiger partial charge is 0.423 e. The van der Waals surface area contributed by atoms with Gasteiger partial charge in [-0.2, -0.15) is 18.3 Å². The van der Waals surface area contributed by atoms with Gasteiger partial charge in [0.25, 0.3) is 0 Å². The maximum absolute atomic E-state index is 13.3. The van der Waals surface area contributed by atoms with Crippen LogP contribution >= 0.6 is 0 Å². The van der Waals surface area contributed by atoms with E-state index in [0.29, 0.717) is 0 Å². The first-order valence-corrected chi connectivity index (χ1v) is 5.52. The number of nitrogens with zero attached hydrogens (tertiary/aromatic N) is 2. The Labute approximate surface area is 111 Å². The van der Waals surface area contributed by atoms with Crippen molar-refractivity contribution in [3.05, 3.63) is 47.5 Å². The Morgan fingerprint density at radius 1 is 1.20 bits per heavy atom. The van der Waals surface area contributed by atoms with Gasteiger partial charge in [0.05, 0.1) is 6.54 Å². The van der Waals surface area contributed by atoms with Crippen LogP contribution in [0.2, 0.25) is 0 Å². The molecule has 4 nitrogen and oxygen atoms in total. The molecule has 9 heteroatoms. The highest BCUT2D eigenvalue weighted by molar-refractivity contribution is 6.58. The number of benzene rings is 1. The Morgan fingerprint density at radius 3 is 2.45 bits per heavy atom. The van der Waals surface area contributed by atoms with E-state index >= 15 is 0 Å². The van der Waals surface area contributed by atoms with Gasteiger partial charge in [-0.1, -0.05) is 6.07 Å². The molecule has 0 atom stereocenters. The summed E-state index contributed by atoms with van der Waals surface area (Å²) in [4.78, 5) is 0. The Hall–Kier alpha value is -1.87. The van der Waals surface area contributed by atoms with Crippen LogP contribution in [0.1, 0.15) is 11.3 Å². The molecule has 0 aliphatic heterocycles. The van der Waals surface area contributed by atoms with Gasteiger partial charge in [-0.05, 0) is 29.2 Å². The summed E-state index contributed by atoms with van der Waals surface area (Å²) >= 11 is 0. The molecule has 2 N–H and O–H groups in total. The minimum Gasteiger partial charge on any atom is -0.423 e. The number of hydrogen-bond acceptors (Lipinski definition) is 3. The van der Waals surface area contributed by atoms with E-state index < -0.39 is 24.8 Å². The molecule has 1 aromatic carbocycles. The molecule has 1 aromatic heterocycles. The van der Waals surface area contributed by atoms with Gasteiger partial charge >= 0.3 is 13.3 Å². The first kappa shape index (κ1) is 14.5. The molecule has 0 amide bonds. The van der Waals surface area contributed by atoms with Gasteiger partial charge in [0.1, 0.15) is 5.82 Å². The van der Waals surface area contributed by atoms with E-state index in [9.17, 15) is 17.6 Å². The molecule has 2 rings (SSSR count). The monoisotopic (exact) mass is 288 g/mol. The van der Waals surface area contributed by atoms with Crippen molar-refractivity contribution >= 4 is 12.6 Å².